The van der Waals surface area contributed by atoms with Crippen molar-refractivity contribution in [2.24, 2.45) is 5.92 Å². The number of aliphatic carboxylic acids is 1. The maximum absolute atomic E-state index is 12.7. The van der Waals surface area contributed by atoms with E-state index in [0.29, 0.717) is 10.6 Å². The Balaban J connectivity index is 2.04. The van der Waals surface area contributed by atoms with Crippen molar-refractivity contribution in [3.63, 3.8) is 0 Å². The Labute approximate surface area is 152 Å². The van der Waals surface area contributed by atoms with Crippen LogP contribution in [0.2, 0.25) is 5.02 Å². The first-order valence-electron chi connectivity index (χ1n) is 7.59. The number of hydrogen-bond acceptors (Lipinski definition) is 2. The van der Waals surface area contributed by atoms with Gasteiger partial charge in [0.05, 0.1) is 11.5 Å². The Hall–Kier alpha value is -2.54. The topological polar surface area (TPSA) is 66.4 Å². The number of benzene rings is 2. The summed E-state index contributed by atoms with van der Waals surface area (Å²) in [6, 6.07) is 10.7. The molecular weight excluding hydrogens is 371 g/mol. The molecule has 0 bridgehead atoms. The Bertz CT molecular complexity index is 791. The number of hydrogen-bond donors (Lipinski definition) is 2. The first kappa shape index (κ1) is 19.8. The van der Waals surface area contributed by atoms with Gasteiger partial charge >= 0.3 is 12.1 Å². The molecule has 0 heterocycles. The molecule has 138 valence electrons. The van der Waals surface area contributed by atoms with Crippen LogP contribution in [0.5, 0.6) is 0 Å². The molecule has 1 atom stereocenters. The molecular formula is C18H15ClF3NO3. The van der Waals surface area contributed by atoms with Gasteiger partial charge in [-0.25, -0.2) is 0 Å². The van der Waals surface area contributed by atoms with Crippen LogP contribution in [0.3, 0.4) is 0 Å². The molecule has 26 heavy (non-hydrogen) atoms. The lowest BCUT2D eigenvalue weighted by molar-refractivity contribution is -0.143. The first-order valence-corrected chi connectivity index (χ1v) is 7.97. The molecule has 0 aliphatic heterocycles. The number of carboxylic acids is 1. The molecule has 0 aromatic heterocycles. The van der Waals surface area contributed by atoms with Crippen molar-refractivity contribution in [2.75, 3.05) is 5.32 Å². The van der Waals surface area contributed by atoms with Gasteiger partial charge in [0.2, 0.25) is 5.91 Å². The van der Waals surface area contributed by atoms with E-state index in [2.05, 4.69) is 5.32 Å². The second kappa shape index (κ2) is 8.23. The number of nitrogens with one attached hydrogen (secondary N) is 1. The van der Waals surface area contributed by atoms with Gasteiger partial charge in [-0.15, -0.1) is 0 Å². The fraction of sp³-hybridized carbons (Fsp3) is 0.222. The lowest BCUT2D eigenvalue weighted by Crippen LogP contribution is -2.24. The second-order valence-corrected chi connectivity index (χ2v) is 6.13. The number of amides is 1. The van der Waals surface area contributed by atoms with E-state index < -0.39 is 29.5 Å². The Morgan fingerprint density at radius 2 is 1.77 bits per heavy atom. The average molecular weight is 386 g/mol. The number of carboxylic acid groups (broad SMARTS) is 1. The van der Waals surface area contributed by atoms with Gasteiger partial charge in [-0.2, -0.15) is 13.2 Å². The highest BCUT2D eigenvalue weighted by Gasteiger charge is 2.30. The summed E-state index contributed by atoms with van der Waals surface area (Å²) in [6.07, 6.45) is -4.80. The van der Waals surface area contributed by atoms with Gasteiger partial charge in [0, 0.05) is 17.1 Å². The highest BCUT2D eigenvalue weighted by molar-refractivity contribution is 6.30. The molecule has 1 unspecified atom stereocenters. The molecule has 0 aliphatic rings. The van der Waals surface area contributed by atoms with E-state index in [1.54, 1.807) is 24.3 Å². The van der Waals surface area contributed by atoms with E-state index in [1.165, 1.54) is 12.1 Å². The van der Waals surface area contributed by atoms with Crippen LogP contribution in [0.15, 0.2) is 48.5 Å². The van der Waals surface area contributed by atoms with Crippen molar-refractivity contribution in [1.82, 2.24) is 0 Å². The van der Waals surface area contributed by atoms with Crippen LogP contribution in [0, 0.1) is 5.92 Å². The predicted octanol–water partition coefficient (Wildman–Crippen LogP) is 4.63. The van der Waals surface area contributed by atoms with Crippen molar-refractivity contribution in [1.29, 1.82) is 0 Å². The Kier molecular flexibility index (Phi) is 6.26. The highest BCUT2D eigenvalue weighted by Crippen LogP contribution is 2.30. The summed E-state index contributed by atoms with van der Waals surface area (Å²) in [5.74, 6) is -2.85. The van der Waals surface area contributed by atoms with Crippen LogP contribution in [0.1, 0.15) is 17.5 Å². The molecule has 0 saturated carbocycles. The zero-order valence-electron chi connectivity index (χ0n) is 13.4. The molecule has 4 nitrogen and oxygen atoms in total. The van der Waals surface area contributed by atoms with Gasteiger partial charge in [0.1, 0.15) is 0 Å². The monoisotopic (exact) mass is 385 g/mol. The minimum absolute atomic E-state index is 0.0412. The Morgan fingerprint density at radius 3 is 2.35 bits per heavy atom. The van der Waals surface area contributed by atoms with Gasteiger partial charge in [-0.05, 0) is 42.3 Å². The van der Waals surface area contributed by atoms with Gasteiger partial charge in [-0.3, -0.25) is 9.59 Å². The average Bonchev–Trinajstić information content (AvgIpc) is 2.55. The van der Waals surface area contributed by atoms with Gasteiger partial charge in [0.15, 0.2) is 0 Å². The van der Waals surface area contributed by atoms with E-state index in [-0.39, 0.29) is 18.5 Å². The van der Waals surface area contributed by atoms with Crippen molar-refractivity contribution in [3.8, 4) is 0 Å². The molecule has 0 aliphatic carbocycles. The van der Waals surface area contributed by atoms with Crippen molar-refractivity contribution < 1.29 is 27.9 Å². The SMILES string of the molecule is O=C(CC(Cc1ccc(Cl)cc1)C(=O)O)Nc1cccc(C(F)(F)F)c1. The molecule has 2 N–H and O–H groups in total. The van der Waals surface area contributed by atoms with Crippen LogP contribution in [0.25, 0.3) is 0 Å². The van der Waals surface area contributed by atoms with Crippen LogP contribution in [0.4, 0.5) is 18.9 Å². The minimum atomic E-state index is -4.53. The highest BCUT2D eigenvalue weighted by atomic mass is 35.5. The van der Waals surface area contributed by atoms with Crippen molar-refractivity contribution in [3.05, 3.63) is 64.7 Å². The summed E-state index contributed by atoms with van der Waals surface area (Å²) in [6.45, 7) is 0. The van der Waals surface area contributed by atoms with E-state index in [0.717, 1.165) is 12.1 Å². The molecule has 2 aromatic rings. The van der Waals surface area contributed by atoms with Gasteiger partial charge in [-0.1, -0.05) is 29.8 Å². The molecule has 0 radical (unpaired) electrons. The Morgan fingerprint density at radius 1 is 1.12 bits per heavy atom. The summed E-state index contributed by atoms with van der Waals surface area (Å²) in [5.41, 5.74) is -0.250. The molecule has 0 spiro atoms. The zero-order chi connectivity index (χ0) is 19.3. The summed E-state index contributed by atoms with van der Waals surface area (Å²) in [4.78, 5) is 23.4. The number of anilines is 1. The van der Waals surface area contributed by atoms with E-state index >= 15 is 0 Å². The molecule has 0 fully saturated rings. The number of halogens is 4. The molecule has 2 rings (SSSR count). The van der Waals surface area contributed by atoms with Gasteiger partial charge < -0.3 is 10.4 Å². The van der Waals surface area contributed by atoms with Crippen LogP contribution in [-0.2, 0) is 22.2 Å². The third-order valence-corrected chi connectivity index (χ3v) is 3.90. The lowest BCUT2D eigenvalue weighted by Gasteiger charge is -2.14. The zero-order valence-corrected chi connectivity index (χ0v) is 14.1. The maximum atomic E-state index is 12.7. The second-order valence-electron chi connectivity index (χ2n) is 5.70. The third kappa shape index (κ3) is 5.77. The predicted molar refractivity (Wildman–Crippen MR) is 91.0 cm³/mol. The quantitative estimate of drug-likeness (QED) is 0.761. The normalized spacial score (nSPS) is 12.5. The van der Waals surface area contributed by atoms with E-state index in [4.69, 9.17) is 11.6 Å². The standard InChI is InChI=1S/C18H15ClF3NO3/c19-14-6-4-11(5-7-14)8-12(17(25)26)9-16(24)23-15-3-1-2-13(10-15)18(20,21)22/h1-7,10,12H,8-9H2,(H,23,24)(H,25,26). The van der Waals surface area contributed by atoms with Gasteiger partial charge in [0.25, 0.3) is 0 Å². The molecule has 8 heteroatoms. The first-order chi connectivity index (χ1) is 12.1. The molecule has 0 saturated heterocycles. The number of carbonyl (C=O) groups excluding carboxylic acids is 1. The number of carbonyl (C=O) groups is 2. The van der Waals surface area contributed by atoms with E-state index in [9.17, 15) is 27.9 Å². The third-order valence-electron chi connectivity index (χ3n) is 3.65. The fourth-order valence-electron chi connectivity index (χ4n) is 2.36. The number of rotatable bonds is 6. The van der Waals surface area contributed by atoms with Crippen LogP contribution >= 0.6 is 11.6 Å². The van der Waals surface area contributed by atoms with Crippen molar-refractivity contribution >= 4 is 29.2 Å². The summed E-state index contributed by atoms with van der Waals surface area (Å²) < 4.78 is 38.1. The lowest BCUT2D eigenvalue weighted by atomic mass is 9.96. The minimum Gasteiger partial charge on any atom is -0.481 e. The summed E-state index contributed by atoms with van der Waals surface area (Å²) in [5, 5.41) is 12.1. The van der Waals surface area contributed by atoms with Crippen molar-refractivity contribution in [2.45, 2.75) is 19.0 Å². The summed E-state index contributed by atoms with van der Waals surface area (Å²) >= 11 is 5.77. The van der Waals surface area contributed by atoms with Crippen LogP contribution < -0.4 is 5.32 Å². The largest absolute Gasteiger partial charge is 0.481 e. The fourth-order valence-corrected chi connectivity index (χ4v) is 2.49. The molecule has 1 amide bonds. The van der Waals surface area contributed by atoms with Crippen LogP contribution in [-0.4, -0.2) is 17.0 Å². The maximum Gasteiger partial charge on any atom is 0.416 e. The summed E-state index contributed by atoms with van der Waals surface area (Å²) in [7, 11) is 0. The number of alkyl halides is 3. The smallest absolute Gasteiger partial charge is 0.416 e. The van der Waals surface area contributed by atoms with E-state index in [1.807, 2.05) is 0 Å². The molecule has 2 aromatic carbocycles.